The van der Waals surface area contributed by atoms with Crippen LogP contribution in [-0.4, -0.2) is 41.1 Å². The fourth-order valence-corrected chi connectivity index (χ4v) is 3.42. The molecule has 7 nitrogen and oxygen atoms in total. The first-order valence-corrected chi connectivity index (χ1v) is 11.6. The van der Waals surface area contributed by atoms with Crippen molar-refractivity contribution in [2.75, 3.05) is 26.7 Å². The third-order valence-corrected chi connectivity index (χ3v) is 5.83. The van der Waals surface area contributed by atoms with Gasteiger partial charge in [0.25, 0.3) is 0 Å². The summed E-state index contributed by atoms with van der Waals surface area (Å²) in [6.45, 7) is 7.35. The van der Waals surface area contributed by atoms with E-state index in [4.69, 9.17) is 4.74 Å². The first-order chi connectivity index (χ1) is 14.4. The third kappa shape index (κ3) is 8.14. The predicted molar refractivity (Wildman–Crippen MR) is 121 cm³/mol. The Morgan fingerprint density at radius 3 is 2.37 bits per heavy atom. The first-order valence-electron chi connectivity index (χ1n) is 10.1. The minimum absolute atomic E-state index is 0.243. The lowest BCUT2D eigenvalue weighted by atomic mass is 10.2. The first kappa shape index (κ1) is 23.9. The van der Waals surface area contributed by atoms with Crippen molar-refractivity contribution in [2.24, 2.45) is 10.9 Å². The van der Waals surface area contributed by atoms with Crippen LogP contribution in [0.5, 0.6) is 0 Å². The Labute approximate surface area is 180 Å². The number of hydrogen-bond donors (Lipinski definition) is 3. The van der Waals surface area contributed by atoms with E-state index in [2.05, 4.69) is 39.4 Å². The van der Waals surface area contributed by atoms with Crippen LogP contribution in [0, 0.1) is 5.92 Å². The SMILES string of the molecule is CCNC(=NCc1ccc(S(=O)(=O)NC)cc1)NCC(C)COCc1ccccc1. The zero-order chi connectivity index (χ0) is 21.8. The molecule has 0 saturated carbocycles. The number of nitrogens with zero attached hydrogens (tertiary/aromatic N) is 1. The monoisotopic (exact) mass is 432 g/mol. The van der Waals surface area contributed by atoms with Crippen molar-refractivity contribution in [3.05, 3.63) is 65.7 Å². The van der Waals surface area contributed by atoms with Crippen molar-refractivity contribution < 1.29 is 13.2 Å². The molecule has 3 N–H and O–H groups in total. The van der Waals surface area contributed by atoms with Crippen LogP contribution in [0.1, 0.15) is 25.0 Å². The highest BCUT2D eigenvalue weighted by Crippen LogP contribution is 2.11. The average Bonchev–Trinajstić information content (AvgIpc) is 2.76. The Kier molecular flexibility index (Phi) is 9.79. The summed E-state index contributed by atoms with van der Waals surface area (Å²) in [6.07, 6.45) is 0. The summed E-state index contributed by atoms with van der Waals surface area (Å²) in [5.74, 6) is 1.04. The Hall–Kier alpha value is -2.42. The Balaban J connectivity index is 1.82. The Morgan fingerprint density at radius 2 is 1.73 bits per heavy atom. The second-order valence-electron chi connectivity index (χ2n) is 7.03. The lowest BCUT2D eigenvalue weighted by molar-refractivity contribution is 0.0931. The van der Waals surface area contributed by atoms with Gasteiger partial charge in [-0.05, 0) is 43.1 Å². The van der Waals surface area contributed by atoms with E-state index in [0.717, 1.165) is 24.6 Å². The van der Waals surface area contributed by atoms with Crippen LogP contribution in [0.4, 0.5) is 0 Å². The van der Waals surface area contributed by atoms with E-state index in [0.29, 0.717) is 25.7 Å². The smallest absolute Gasteiger partial charge is 0.240 e. The second kappa shape index (κ2) is 12.3. The number of nitrogens with one attached hydrogen (secondary N) is 3. The molecule has 2 rings (SSSR count). The zero-order valence-corrected chi connectivity index (χ0v) is 18.7. The molecule has 0 aliphatic heterocycles. The molecule has 0 spiro atoms. The molecule has 0 radical (unpaired) electrons. The Bertz CT molecular complexity index is 884. The molecule has 164 valence electrons. The highest BCUT2D eigenvalue weighted by Gasteiger charge is 2.10. The highest BCUT2D eigenvalue weighted by molar-refractivity contribution is 7.89. The summed E-state index contributed by atoms with van der Waals surface area (Å²) in [5.41, 5.74) is 2.10. The molecule has 0 amide bonds. The predicted octanol–water partition coefficient (Wildman–Crippen LogP) is 2.50. The Morgan fingerprint density at radius 1 is 1.03 bits per heavy atom. The number of benzene rings is 2. The van der Waals surface area contributed by atoms with E-state index >= 15 is 0 Å². The van der Waals surface area contributed by atoms with E-state index in [-0.39, 0.29) is 4.90 Å². The summed E-state index contributed by atoms with van der Waals surface area (Å²) >= 11 is 0. The second-order valence-corrected chi connectivity index (χ2v) is 8.92. The van der Waals surface area contributed by atoms with Crippen molar-refractivity contribution in [3.8, 4) is 0 Å². The summed E-state index contributed by atoms with van der Waals surface area (Å²) < 4.78 is 31.7. The molecule has 2 aromatic rings. The molecule has 1 unspecified atom stereocenters. The van der Waals surface area contributed by atoms with Gasteiger partial charge in [0.1, 0.15) is 0 Å². The van der Waals surface area contributed by atoms with E-state index in [1.165, 1.54) is 12.6 Å². The number of ether oxygens (including phenoxy) is 1. The fourth-order valence-electron chi connectivity index (χ4n) is 2.69. The molecule has 0 fully saturated rings. The van der Waals surface area contributed by atoms with Crippen molar-refractivity contribution in [1.82, 2.24) is 15.4 Å². The van der Waals surface area contributed by atoms with Gasteiger partial charge in [0.2, 0.25) is 10.0 Å². The van der Waals surface area contributed by atoms with Crippen LogP contribution in [0.25, 0.3) is 0 Å². The van der Waals surface area contributed by atoms with Gasteiger partial charge < -0.3 is 15.4 Å². The normalized spacial score (nSPS) is 13.1. The van der Waals surface area contributed by atoms with Gasteiger partial charge in [0, 0.05) is 13.1 Å². The van der Waals surface area contributed by atoms with Crippen LogP contribution in [0.3, 0.4) is 0 Å². The molecule has 0 aliphatic rings. The maximum absolute atomic E-state index is 11.8. The van der Waals surface area contributed by atoms with Crippen LogP contribution in [0.2, 0.25) is 0 Å². The van der Waals surface area contributed by atoms with Crippen molar-refractivity contribution in [2.45, 2.75) is 31.9 Å². The number of hydrogen-bond acceptors (Lipinski definition) is 4. The molecular weight excluding hydrogens is 400 g/mol. The van der Waals surface area contributed by atoms with Gasteiger partial charge in [-0.3, -0.25) is 0 Å². The van der Waals surface area contributed by atoms with Gasteiger partial charge >= 0.3 is 0 Å². The van der Waals surface area contributed by atoms with Crippen LogP contribution in [0.15, 0.2) is 64.5 Å². The molecular formula is C22H32N4O3S. The molecule has 30 heavy (non-hydrogen) atoms. The van der Waals surface area contributed by atoms with Crippen molar-refractivity contribution >= 4 is 16.0 Å². The summed E-state index contributed by atoms with van der Waals surface area (Å²) in [6, 6.07) is 16.8. The quantitative estimate of drug-likeness (QED) is 0.375. The maximum atomic E-state index is 11.8. The number of sulfonamides is 1. The van der Waals surface area contributed by atoms with Gasteiger partial charge in [-0.1, -0.05) is 49.4 Å². The molecule has 1 atom stereocenters. The molecule has 0 aliphatic carbocycles. The van der Waals surface area contributed by atoms with Crippen LogP contribution < -0.4 is 15.4 Å². The molecule has 0 bridgehead atoms. The molecule has 8 heteroatoms. The highest BCUT2D eigenvalue weighted by atomic mass is 32.2. The van der Waals surface area contributed by atoms with Gasteiger partial charge in [0.15, 0.2) is 5.96 Å². The largest absolute Gasteiger partial charge is 0.376 e. The third-order valence-electron chi connectivity index (χ3n) is 4.40. The minimum atomic E-state index is -3.42. The van der Waals surface area contributed by atoms with E-state index < -0.39 is 10.0 Å². The molecule has 0 heterocycles. The number of aliphatic imine (C=N–C) groups is 1. The lowest BCUT2D eigenvalue weighted by Crippen LogP contribution is -2.40. The summed E-state index contributed by atoms with van der Waals surface area (Å²) in [7, 11) is -2.02. The van der Waals surface area contributed by atoms with Crippen molar-refractivity contribution in [3.63, 3.8) is 0 Å². The topological polar surface area (TPSA) is 91.8 Å². The molecule has 0 saturated heterocycles. The lowest BCUT2D eigenvalue weighted by Gasteiger charge is -2.16. The summed E-state index contributed by atoms with van der Waals surface area (Å²) in [4.78, 5) is 4.83. The number of guanidine groups is 1. The van der Waals surface area contributed by atoms with Gasteiger partial charge in [-0.25, -0.2) is 18.1 Å². The van der Waals surface area contributed by atoms with Gasteiger partial charge in [-0.15, -0.1) is 0 Å². The zero-order valence-electron chi connectivity index (χ0n) is 17.9. The van der Waals surface area contributed by atoms with Crippen LogP contribution in [-0.2, 0) is 27.9 Å². The van der Waals surface area contributed by atoms with Crippen molar-refractivity contribution in [1.29, 1.82) is 0 Å². The van der Waals surface area contributed by atoms with Gasteiger partial charge in [0.05, 0.1) is 24.7 Å². The maximum Gasteiger partial charge on any atom is 0.240 e. The van der Waals surface area contributed by atoms with Crippen LogP contribution >= 0.6 is 0 Å². The van der Waals surface area contributed by atoms with E-state index in [9.17, 15) is 8.42 Å². The van der Waals surface area contributed by atoms with E-state index in [1.54, 1.807) is 24.3 Å². The molecule has 0 aromatic heterocycles. The number of rotatable bonds is 11. The van der Waals surface area contributed by atoms with E-state index in [1.807, 2.05) is 25.1 Å². The minimum Gasteiger partial charge on any atom is -0.376 e. The fraction of sp³-hybridized carbons (Fsp3) is 0.409. The molecule has 2 aromatic carbocycles. The summed E-state index contributed by atoms with van der Waals surface area (Å²) in [5, 5.41) is 6.56. The standard InChI is InChI=1S/C22H32N4O3S/c1-4-24-22(25-14-18(2)16-29-17-20-8-6-5-7-9-20)26-15-19-10-12-21(13-11-19)30(27,28)23-3/h5-13,18,23H,4,14-17H2,1-3H3,(H2,24,25,26). The average molecular weight is 433 g/mol. The van der Waals surface area contributed by atoms with Gasteiger partial charge in [-0.2, -0.15) is 0 Å².